The number of hydrogen-bond donors (Lipinski definition) is 1. The van der Waals surface area contributed by atoms with E-state index in [0.717, 1.165) is 43.4 Å². The van der Waals surface area contributed by atoms with Crippen LogP contribution in [0, 0.1) is 11.8 Å². The third-order valence-electron chi connectivity index (χ3n) is 5.18. The minimum atomic E-state index is -3.08. The summed E-state index contributed by atoms with van der Waals surface area (Å²) < 4.78 is 24.0. The lowest BCUT2D eigenvalue weighted by Gasteiger charge is -2.30. The van der Waals surface area contributed by atoms with E-state index < -0.39 is 14.6 Å². The maximum Gasteiger partial charge on any atom is 0.155 e. The zero-order valence-corrected chi connectivity index (χ0v) is 17.1. The molecule has 1 N–H and O–H groups in total. The first-order valence-electron chi connectivity index (χ1n) is 9.10. The lowest BCUT2D eigenvalue weighted by molar-refractivity contribution is -0.124. The molecule has 1 aromatic heterocycles. The van der Waals surface area contributed by atoms with Gasteiger partial charge in [-0.15, -0.1) is 11.3 Å². The number of thiophene rings is 1. The molecule has 0 aliphatic heterocycles. The van der Waals surface area contributed by atoms with Crippen molar-refractivity contribution in [3.05, 3.63) is 16.3 Å². The lowest BCUT2D eigenvalue weighted by atomic mass is 9.80. The Labute approximate surface area is 155 Å². The monoisotopic (exact) mass is 386 g/mol. The van der Waals surface area contributed by atoms with Crippen LogP contribution in [0.5, 0.6) is 5.75 Å². The molecule has 0 radical (unpaired) electrons. The van der Waals surface area contributed by atoms with Gasteiger partial charge in [-0.1, -0.05) is 0 Å². The first kappa shape index (κ1) is 20.4. The minimum Gasteiger partial charge on any atom is -0.507 e. The van der Waals surface area contributed by atoms with Gasteiger partial charge >= 0.3 is 0 Å². The standard InChI is InChI=1S/C19H30O4S2/c1-19(2,3)25(22,23)13-14-7-9-15(10-8-14)18(21)6-4-5-17-11-16(20)12-24-17/h11-12,14-15,20H,4-10,13H2,1-3H3. The number of carbonyl (C=O) groups excluding carboxylic acids is 1. The molecule has 25 heavy (non-hydrogen) atoms. The Morgan fingerprint density at radius 2 is 1.88 bits per heavy atom. The topological polar surface area (TPSA) is 71.4 Å². The quantitative estimate of drug-likeness (QED) is 0.755. The van der Waals surface area contributed by atoms with Crippen LogP contribution < -0.4 is 0 Å². The van der Waals surface area contributed by atoms with E-state index in [2.05, 4.69) is 0 Å². The Balaban J connectivity index is 1.73. The summed E-state index contributed by atoms with van der Waals surface area (Å²) in [6.45, 7) is 5.26. The normalized spacial score (nSPS) is 22.0. The van der Waals surface area contributed by atoms with Gasteiger partial charge in [-0.3, -0.25) is 4.79 Å². The molecule has 6 heteroatoms. The second-order valence-corrected chi connectivity index (χ2v) is 12.0. The number of hydrogen-bond acceptors (Lipinski definition) is 5. The second kappa shape index (κ2) is 8.21. The zero-order chi connectivity index (χ0) is 18.7. The Bertz CT molecular complexity index is 675. The fourth-order valence-corrected chi connectivity index (χ4v) is 5.60. The maximum absolute atomic E-state index is 12.4. The highest BCUT2D eigenvalue weighted by Crippen LogP contribution is 2.33. The summed E-state index contributed by atoms with van der Waals surface area (Å²) in [6, 6.07) is 1.76. The van der Waals surface area contributed by atoms with Crippen molar-refractivity contribution in [2.45, 2.75) is 70.5 Å². The molecule has 0 atom stereocenters. The van der Waals surface area contributed by atoms with Gasteiger partial charge in [0.2, 0.25) is 0 Å². The van der Waals surface area contributed by atoms with Crippen LogP contribution in [-0.4, -0.2) is 29.8 Å². The number of Topliss-reactive ketones (excluding diaryl/α,β-unsaturated/α-hetero) is 1. The zero-order valence-electron chi connectivity index (χ0n) is 15.5. The van der Waals surface area contributed by atoms with E-state index in [1.165, 1.54) is 11.3 Å². The van der Waals surface area contributed by atoms with E-state index in [4.69, 9.17) is 0 Å². The molecule has 0 bridgehead atoms. The average molecular weight is 387 g/mol. The summed E-state index contributed by atoms with van der Waals surface area (Å²) in [6.07, 6.45) is 5.54. The first-order chi connectivity index (χ1) is 11.6. The number of carbonyl (C=O) groups is 1. The minimum absolute atomic E-state index is 0.102. The van der Waals surface area contributed by atoms with Gasteiger partial charge in [0.15, 0.2) is 9.84 Å². The van der Waals surface area contributed by atoms with Crippen LogP contribution in [-0.2, 0) is 21.1 Å². The van der Waals surface area contributed by atoms with Gasteiger partial charge in [0, 0.05) is 22.6 Å². The van der Waals surface area contributed by atoms with Crippen molar-refractivity contribution < 1.29 is 18.3 Å². The fraction of sp³-hybridized carbons (Fsp3) is 0.737. The molecule has 1 saturated carbocycles. The van der Waals surface area contributed by atoms with Crippen molar-refractivity contribution in [2.24, 2.45) is 11.8 Å². The Morgan fingerprint density at radius 3 is 2.40 bits per heavy atom. The molecule has 4 nitrogen and oxygen atoms in total. The van der Waals surface area contributed by atoms with Gasteiger partial charge in [-0.2, -0.15) is 0 Å². The number of aromatic hydroxyl groups is 1. The highest BCUT2D eigenvalue weighted by Gasteiger charge is 2.34. The van der Waals surface area contributed by atoms with Gasteiger partial charge in [0.1, 0.15) is 11.5 Å². The van der Waals surface area contributed by atoms with E-state index in [1.54, 1.807) is 32.2 Å². The third-order valence-corrected chi connectivity index (χ3v) is 8.94. The fourth-order valence-electron chi connectivity index (χ4n) is 3.35. The van der Waals surface area contributed by atoms with Crippen LogP contribution >= 0.6 is 11.3 Å². The molecule has 0 amide bonds. The van der Waals surface area contributed by atoms with Crippen LogP contribution in [0.15, 0.2) is 11.4 Å². The molecule has 0 unspecified atom stereocenters. The molecular formula is C19H30O4S2. The van der Waals surface area contributed by atoms with Crippen molar-refractivity contribution in [2.75, 3.05) is 5.75 Å². The van der Waals surface area contributed by atoms with Crippen LogP contribution in [0.25, 0.3) is 0 Å². The lowest BCUT2D eigenvalue weighted by Crippen LogP contribution is -2.35. The highest BCUT2D eigenvalue weighted by molar-refractivity contribution is 7.92. The van der Waals surface area contributed by atoms with Crippen LogP contribution in [0.2, 0.25) is 0 Å². The average Bonchev–Trinajstić information content (AvgIpc) is 2.92. The second-order valence-electron chi connectivity index (χ2n) is 8.20. The van der Waals surface area contributed by atoms with E-state index in [1.807, 2.05) is 0 Å². The largest absolute Gasteiger partial charge is 0.507 e. The van der Waals surface area contributed by atoms with Crippen molar-refractivity contribution >= 4 is 27.0 Å². The third kappa shape index (κ3) is 5.81. The number of rotatable bonds is 7. The van der Waals surface area contributed by atoms with Gasteiger partial charge in [-0.25, -0.2) is 8.42 Å². The van der Waals surface area contributed by atoms with Crippen molar-refractivity contribution in [3.8, 4) is 5.75 Å². The SMILES string of the molecule is CC(C)(C)S(=O)(=O)CC1CCC(C(=O)CCCc2cc(O)cs2)CC1. The van der Waals surface area contributed by atoms with Crippen molar-refractivity contribution in [1.82, 2.24) is 0 Å². The van der Waals surface area contributed by atoms with Crippen molar-refractivity contribution in [1.29, 1.82) is 0 Å². The predicted octanol–water partition coefficient (Wildman–Crippen LogP) is 4.37. The summed E-state index contributed by atoms with van der Waals surface area (Å²) in [5.74, 6) is 1.17. The van der Waals surface area contributed by atoms with E-state index in [0.29, 0.717) is 18.0 Å². The number of sulfone groups is 1. The molecule has 1 aliphatic rings. The number of aryl methyl sites for hydroxylation is 1. The predicted molar refractivity (Wildman–Crippen MR) is 103 cm³/mol. The molecule has 1 fully saturated rings. The van der Waals surface area contributed by atoms with Crippen LogP contribution in [0.1, 0.15) is 64.2 Å². The van der Waals surface area contributed by atoms with Gasteiger partial charge in [0.25, 0.3) is 0 Å². The summed E-state index contributed by atoms with van der Waals surface area (Å²) >= 11 is 1.53. The number of ketones is 1. The van der Waals surface area contributed by atoms with Crippen LogP contribution in [0.3, 0.4) is 0 Å². The Kier molecular flexibility index (Phi) is 6.71. The maximum atomic E-state index is 12.4. The molecule has 2 rings (SSSR count). The molecular weight excluding hydrogens is 356 g/mol. The molecule has 1 aromatic rings. The summed E-state index contributed by atoms with van der Waals surface area (Å²) in [5.41, 5.74) is 0. The van der Waals surface area contributed by atoms with Crippen LogP contribution in [0.4, 0.5) is 0 Å². The molecule has 0 spiro atoms. The van der Waals surface area contributed by atoms with Gasteiger partial charge in [-0.05, 0) is 71.3 Å². The van der Waals surface area contributed by atoms with Crippen molar-refractivity contribution in [3.63, 3.8) is 0 Å². The molecule has 142 valence electrons. The highest BCUT2D eigenvalue weighted by atomic mass is 32.2. The molecule has 1 aliphatic carbocycles. The molecule has 1 heterocycles. The summed E-state index contributed by atoms with van der Waals surface area (Å²) in [4.78, 5) is 13.5. The van der Waals surface area contributed by atoms with Gasteiger partial charge < -0.3 is 5.11 Å². The van der Waals surface area contributed by atoms with Gasteiger partial charge in [0.05, 0.1) is 10.5 Å². The van der Waals surface area contributed by atoms with E-state index in [-0.39, 0.29) is 17.6 Å². The molecule has 0 saturated heterocycles. The Hall–Kier alpha value is -0.880. The first-order valence-corrected chi connectivity index (χ1v) is 11.6. The smallest absolute Gasteiger partial charge is 0.155 e. The summed E-state index contributed by atoms with van der Waals surface area (Å²) in [7, 11) is -3.08. The Morgan fingerprint density at radius 1 is 1.24 bits per heavy atom. The van der Waals surface area contributed by atoms with E-state index in [9.17, 15) is 18.3 Å². The van der Waals surface area contributed by atoms with E-state index >= 15 is 0 Å². The molecule has 0 aromatic carbocycles. The summed E-state index contributed by atoms with van der Waals surface area (Å²) in [5, 5.41) is 11.0.